The number of carbonyl (C=O) groups excluding carboxylic acids is 2. The van der Waals surface area contributed by atoms with E-state index >= 15 is 0 Å². The van der Waals surface area contributed by atoms with Gasteiger partial charge in [-0.15, -0.1) is 11.8 Å². The number of thioether (sulfide) groups is 1. The molecule has 0 amide bonds. The molecule has 3 rings (SSSR count). The number of nitrogens with zero attached hydrogens (tertiary/aromatic N) is 2. The average Bonchev–Trinajstić information content (AvgIpc) is 3.04. The Balaban J connectivity index is 1.69. The number of ether oxygens (including phenoxy) is 1. The van der Waals surface area contributed by atoms with Crippen molar-refractivity contribution < 1.29 is 18.8 Å². The molecule has 3 aromatic rings. The zero-order chi connectivity index (χ0) is 21.8. The Morgan fingerprint density at radius 2 is 1.77 bits per heavy atom. The zero-order valence-electron chi connectivity index (χ0n) is 17.7. The van der Waals surface area contributed by atoms with Gasteiger partial charge in [-0.2, -0.15) is 0 Å². The molecule has 2 aromatic heterocycles. The molecule has 0 aliphatic carbocycles. The van der Waals surface area contributed by atoms with Crippen LogP contribution in [0.15, 0.2) is 40.0 Å². The van der Waals surface area contributed by atoms with Gasteiger partial charge in [0.2, 0.25) is 5.78 Å². The van der Waals surface area contributed by atoms with Crippen molar-refractivity contribution in [1.82, 2.24) is 10.1 Å². The molecule has 2 heterocycles. The lowest BCUT2D eigenvalue weighted by Gasteiger charge is -2.11. The highest BCUT2D eigenvalue weighted by Crippen LogP contribution is 2.27. The van der Waals surface area contributed by atoms with Gasteiger partial charge in [-0.05, 0) is 69.5 Å². The summed E-state index contributed by atoms with van der Waals surface area (Å²) in [6, 6.07) is 7.13. The van der Waals surface area contributed by atoms with Crippen molar-refractivity contribution in [2.45, 2.75) is 45.4 Å². The molecule has 0 aliphatic rings. The monoisotopic (exact) mass is 424 g/mol. The molecule has 0 spiro atoms. The molecular weight excluding hydrogens is 400 g/mol. The molecule has 0 radical (unpaired) electrons. The predicted octanol–water partition coefficient (Wildman–Crippen LogP) is 4.94. The first-order valence-electron chi connectivity index (χ1n) is 9.55. The van der Waals surface area contributed by atoms with Gasteiger partial charge in [-0.3, -0.25) is 4.79 Å². The summed E-state index contributed by atoms with van der Waals surface area (Å²) in [5, 5.41) is 4.48. The highest BCUT2D eigenvalue weighted by molar-refractivity contribution is 7.98. The summed E-state index contributed by atoms with van der Waals surface area (Å²) >= 11 is 1.40. The highest BCUT2D eigenvalue weighted by Gasteiger charge is 2.19. The summed E-state index contributed by atoms with van der Waals surface area (Å²) in [6.07, 6.45) is 1.62. The molecule has 0 N–H and O–H groups in total. The summed E-state index contributed by atoms with van der Waals surface area (Å²) < 4.78 is 10.5. The number of Topliss-reactive ketones (excluding diaryl/α,β-unsaturated/α-hetero) is 1. The quantitative estimate of drug-likeness (QED) is 0.302. The van der Waals surface area contributed by atoms with Crippen LogP contribution in [0.5, 0.6) is 0 Å². The lowest BCUT2D eigenvalue weighted by atomic mass is 9.98. The minimum absolute atomic E-state index is 0.224. The number of rotatable bonds is 7. The van der Waals surface area contributed by atoms with Crippen LogP contribution in [-0.2, 0) is 10.5 Å². The minimum atomic E-state index is -0.570. The van der Waals surface area contributed by atoms with Crippen molar-refractivity contribution in [3.63, 3.8) is 0 Å². The van der Waals surface area contributed by atoms with Crippen LogP contribution in [0, 0.1) is 34.6 Å². The van der Waals surface area contributed by atoms with Gasteiger partial charge < -0.3 is 9.26 Å². The number of ketones is 1. The summed E-state index contributed by atoms with van der Waals surface area (Å²) in [5.74, 6) is 0.519. The van der Waals surface area contributed by atoms with E-state index in [9.17, 15) is 9.59 Å². The number of aromatic nitrogens is 2. The first-order chi connectivity index (χ1) is 14.3. The van der Waals surface area contributed by atoms with Crippen LogP contribution in [0.4, 0.5) is 0 Å². The summed E-state index contributed by atoms with van der Waals surface area (Å²) in [4.78, 5) is 29.5. The molecule has 6 nitrogen and oxygen atoms in total. The van der Waals surface area contributed by atoms with Crippen molar-refractivity contribution in [3.8, 4) is 0 Å². The van der Waals surface area contributed by atoms with Gasteiger partial charge in [0, 0.05) is 23.1 Å². The Labute approximate surface area is 180 Å². The van der Waals surface area contributed by atoms with Gasteiger partial charge in [0.05, 0.1) is 11.3 Å². The maximum absolute atomic E-state index is 12.6. The predicted molar refractivity (Wildman–Crippen MR) is 115 cm³/mol. The zero-order valence-corrected chi connectivity index (χ0v) is 18.6. The van der Waals surface area contributed by atoms with Crippen molar-refractivity contribution >= 4 is 23.5 Å². The van der Waals surface area contributed by atoms with Crippen LogP contribution in [0.25, 0.3) is 0 Å². The molecule has 0 saturated carbocycles. The molecule has 0 fully saturated rings. The number of aryl methyl sites for hydroxylation is 5. The molecule has 1 aromatic carbocycles. The van der Waals surface area contributed by atoms with E-state index in [-0.39, 0.29) is 12.4 Å². The van der Waals surface area contributed by atoms with Crippen LogP contribution in [-0.4, -0.2) is 28.5 Å². The Morgan fingerprint density at radius 3 is 2.47 bits per heavy atom. The van der Waals surface area contributed by atoms with Crippen LogP contribution >= 0.6 is 11.8 Å². The molecule has 0 aliphatic heterocycles. The van der Waals surface area contributed by atoms with E-state index in [2.05, 4.69) is 10.1 Å². The maximum Gasteiger partial charge on any atom is 0.341 e. The van der Waals surface area contributed by atoms with Crippen molar-refractivity contribution in [2.75, 3.05) is 6.61 Å². The first kappa shape index (κ1) is 21.8. The van der Waals surface area contributed by atoms with Crippen LogP contribution < -0.4 is 0 Å². The Hall–Kier alpha value is -2.93. The fourth-order valence-corrected chi connectivity index (χ4v) is 4.19. The first-order valence-corrected chi connectivity index (χ1v) is 10.5. The average molecular weight is 425 g/mol. The topological polar surface area (TPSA) is 82.3 Å². The molecule has 30 heavy (non-hydrogen) atoms. The second kappa shape index (κ2) is 9.26. The normalized spacial score (nSPS) is 10.8. The fraction of sp³-hybridized carbons (Fsp3) is 0.304. The molecule has 0 saturated heterocycles. The second-order valence-electron chi connectivity index (χ2n) is 7.20. The third-order valence-corrected chi connectivity index (χ3v) is 6.03. The van der Waals surface area contributed by atoms with Crippen molar-refractivity contribution in [1.29, 1.82) is 0 Å². The lowest BCUT2D eigenvalue weighted by molar-refractivity contribution is 0.0470. The Bertz CT molecular complexity index is 1090. The standard InChI is InChI=1S/C23H24N2O4S/c1-13-9-15(3)19(10-14(13)2)21(26)11-28-23(27)18-7-6-8-24-22(18)30-12-20-16(4)25-29-17(20)5/h6-10H,11-12H2,1-5H3. The summed E-state index contributed by atoms with van der Waals surface area (Å²) in [5.41, 5.74) is 5.72. The van der Waals surface area contributed by atoms with E-state index in [4.69, 9.17) is 9.26 Å². The van der Waals surface area contributed by atoms with Gasteiger partial charge in [0.15, 0.2) is 6.61 Å². The lowest BCUT2D eigenvalue weighted by Crippen LogP contribution is -2.16. The third-order valence-electron chi connectivity index (χ3n) is 5.00. The van der Waals surface area contributed by atoms with Crippen LogP contribution in [0.2, 0.25) is 0 Å². The number of pyridine rings is 1. The van der Waals surface area contributed by atoms with E-state index in [1.165, 1.54) is 11.8 Å². The van der Waals surface area contributed by atoms with Gasteiger partial charge in [-0.1, -0.05) is 11.2 Å². The number of carbonyl (C=O) groups is 2. The number of esters is 1. The van der Waals surface area contributed by atoms with E-state index in [1.807, 2.05) is 46.8 Å². The molecule has 0 unspecified atom stereocenters. The second-order valence-corrected chi connectivity index (χ2v) is 8.16. The van der Waals surface area contributed by atoms with E-state index < -0.39 is 5.97 Å². The van der Waals surface area contributed by atoms with Crippen LogP contribution in [0.1, 0.15) is 54.4 Å². The van der Waals surface area contributed by atoms with Gasteiger partial charge in [0.1, 0.15) is 10.8 Å². The number of hydrogen-bond donors (Lipinski definition) is 0. The Morgan fingerprint density at radius 1 is 1.03 bits per heavy atom. The third kappa shape index (κ3) is 4.79. The van der Waals surface area contributed by atoms with Crippen molar-refractivity contribution in [3.05, 3.63) is 75.3 Å². The fourth-order valence-electron chi connectivity index (χ4n) is 3.06. The van der Waals surface area contributed by atoms with Gasteiger partial charge in [-0.25, -0.2) is 9.78 Å². The summed E-state index contributed by atoms with van der Waals surface area (Å²) in [7, 11) is 0. The van der Waals surface area contributed by atoms with E-state index in [1.54, 1.807) is 18.3 Å². The maximum atomic E-state index is 12.6. The van der Waals surface area contributed by atoms with Gasteiger partial charge >= 0.3 is 5.97 Å². The van der Waals surface area contributed by atoms with Crippen molar-refractivity contribution in [2.24, 2.45) is 0 Å². The molecular formula is C23H24N2O4S. The van der Waals surface area contributed by atoms with E-state index in [0.29, 0.717) is 21.9 Å². The SMILES string of the molecule is Cc1cc(C)c(C(=O)COC(=O)c2cccnc2SCc2c(C)noc2C)cc1C. The summed E-state index contributed by atoms with van der Waals surface area (Å²) in [6.45, 7) is 9.25. The highest BCUT2D eigenvalue weighted by atomic mass is 32.2. The van der Waals surface area contributed by atoms with E-state index in [0.717, 1.165) is 33.7 Å². The number of benzene rings is 1. The molecule has 156 valence electrons. The smallest absolute Gasteiger partial charge is 0.341 e. The number of hydrogen-bond acceptors (Lipinski definition) is 7. The largest absolute Gasteiger partial charge is 0.454 e. The van der Waals surface area contributed by atoms with Crippen LogP contribution in [0.3, 0.4) is 0 Å². The van der Waals surface area contributed by atoms with Gasteiger partial charge in [0.25, 0.3) is 0 Å². The molecule has 0 bridgehead atoms. The molecule has 0 atom stereocenters. The molecule has 7 heteroatoms. The Kier molecular flexibility index (Phi) is 6.72. The minimum Gasteiger partial charge on any atom is -0.454 e.